The fraction of sp³-hybridized carbons (Fsp3) is 0.0769. The molecule has 90 valence electrons. The van der Waals surface area contributed by atoms with Crippen molar-refractivity contribution in [1.29, 1.82) is 5.26 Å². The van der Waals surface area contributed by atoms with Crippen molar-refractivity contribution in [3.63, 3.8) is 0 Å². The van der Waals surface area contributed by atoms with Gasteiger partial charge >= 0.3 is 0 Å². The van der Waals surface area contributed by atoms with Crippen LogP contribution in [0.5, 0.6) is 0 Å². The topological polar surface area (TPSA) is 60.7 Å². The summed E-state index contributed by atoms with van der Waals surface area (Å²) in [5, 5.41) is 14.9. The number of halogens is 1. The van der Waals surface area contributed by atoms with Crippen molar-refractivity contribution in [2.45, 2.75) is 0 Å². The Balaban J connectivity index is 2.31. The Morgan fingerprint density at radius 2 is 2.00 bits per heavy atom. The van der Waals surface area contributed by atoms with Gasteiger partial charge < -0.3 is 10.6 Å². The van der Waals surface area contributed by atoms with E-state index < -0.39 is 5.82 Å². The third-order valence-electron chi connectivity index (χ3n) is 2.41. The second kappa shape index (κ2) is 5.15. The Morgan fingerprint density at radius 3 is 2.72 bits per heavy atom. The van der Waals surface area contributed by atoms with E-state index in [1.807, 2.05) is 12.1 Å². The van der Waals surface area contributed by atoms with Crippen LogP contribution >= 0.6 is 0 Å². The van der Waals surface area contributed by atoms with Crippen LogP contribution in [0.3, 0.4) is 0 Å². The fourth-order valence-corrected chi connectivity index (χ4v) is 1.52. The van der Waals surface area contributed by atoms with E-state index in [1.165, 1.54) is 18.2 Å². The van der Waals surface area contributed by atoms with Gasteiger partial charge in [0.25, 0.3) is 0 Å². The molecule has 1 aromatic heterocycles. The summed E-state index contributed by atoms with van der Waals surface area (Å²) >= 11 is 0. The summed E-state index contributed by atoms with van der Waals surface area (Å²) in [6.45, 7) is 0. The first-order valence-corrected chi connectivity index (χ1v) is 5.32. The van der Waals surface area contributed by atoms with Crippen molar-refractivity contribution in [1.82, 2.24) is 4.98 Å². The number of nitrogens with zero attached hydrogens (tertiary/aromatic N) is 2. The zero-order valence-electron chi connectivity index (χ0n) is 9.74. The molecule has 0 aliphatic rings. The van der Waals surface area contributed by atoms with E-state index in [9.17, 15) is 4.39 Å². The molecule has 0 amide bonds. The highest BCUT2D eigenvalue weighted by atomic mass is 19.1. The Labute approximate surface area is 104 Å². The van der Waals surface area contributed by atoms with E-state index in [0.29, 0.717) is 5.69 Å². The first-order valence-electron chi connectivity index (χ1n) is 5.32. The smallest absolute Gasteiger partial charge is 0.124 e. The average molecular weight is 242 g/mol. The highest BCUT2D eigenvalue weighted by Gasteiger charge is 2.04. The largest absolute Gasteiger partial charge is 0.387 e. The highest BCUT2D eigenvalue weighted by molar-refractivity contribution is 5.68. The molecule has 0 spiro atoms. The van der Waals surface area contributed by atoms with Gasteiger partial charge in [0.2, 0.25) is 0 Å². The molecule has 1 aromatic carbocycles. The van der Waals surface area contributed by atoms with Crippen LogP contribution < -0.4 is 10.6 Å². The Morgan fingerprint density at radius 1 is 1.22 bits per heavy atom. The van der Waals surface area contributed by atoms with Crippen LogP contribution in [0.15, 0.2) is 36.7 Å². The summed E-state index contributed by atoms with van der Waals surface area (Å²) in [5.74, 6) is -0.431. The van der Waals surface area contributed by atoms with Gasteiger partial charge in [-0.25, -0.2) is 4.39 Å². The summed E-state index contributed by atoms with van der Waals surface area (Å²) in [6, 6.07) is 7.82. The van der Waals surface area contributed by atoms with E-state index in [1.54, 1.807) is 19.4 Å². The minimum absolute atomic E-state index is 0.255. The van der Waals surface area contributed by atoms with Crippen LogP contribution in [0, 0.1) is 17.1 Å². The molecule has 2 rings (SSSR count). The molecule has 0 aliphatic carbocycles. The molecule has 0 saturated carbocycles. The molecular formula is C13H11FN4. The van der Waals surface area contributed by atoms with E-state index in [-0.39, 0.29) is 5.56 Å². The summed E-state index contributed by atoms with van der Waals surface area (Å²) < 4.78 is 13.0. The third-order valence-corrected chi connectivity index (χ3v) is 2.41. The molecule has 0 saturated heterocycles. The average Bonchev–Trinajstić information content (AvgIpc) is 2.41. The first-order chi connectivity index (χ1) is 8.72. The number of pyridine rings is 1. The van der Waals surface area contributed by atoms with Crippen LogP contribution in [0.4, 0.5) is 21.5 Å². The van der Waals surface area contributed by atoms with Crippen LogP contribution in [-0.4, -0.2) is 12.0 Å². The van der Waals surface area contributed by atoms with E-state index >= 15 is 0 Å². The number of benzene rings is 1. The summed E-state index contributed by atoms with van der Waals surface area (Å²) in [7, 11) is 1.79. The number of hydrogen-bond donors (Lipinski definition) is 2. The van der Waals surface area contributed by atoms with Gasteiger partial charge in [-0.1, -0.05) is 0 Å². The number of nitrogens with one attached hydrogen (secondary N) is 2. The van der Waals surface area contributed by atoms with E-state index in [4.69, 9.17) is 5.26 Å². The van der Waals surface area contributed by atoms with Gasteiger partial charge in [0.15, 0.2) is 0 Å². The minimum Gasteiger partial charge on any atom is -0.387 e. The van der Waals surface area contributed by atoms with Crippen molar-refractivity contribution in [2.75, 3.05) is 17.7 Å². The second-order valence-electron chi connectivity index (χ2n) is 3.64. The lowest BCUT2D eigenvalue weighted by Gasteiger charge is -2.09. The molecule has 0 radical (unpaired) electrons. The van der Waals surface area contributed by atoms with Crippen molar-refractivity contribution < 1.29 is 4.39 Å². The van der Waals surface area contributed by atoms with Gasteiger partial charge in [0, 0.05) is 7.05 Å². The zero-order chi connectivity index (χ0) is 13.0. The summed E-state index contributed by atoms with van der Waals surface area (Å²) in [5.41, 5.74) is 2.38. The number of anilines is 3. The molecule has 0 unspecified atom stereocenters. The number of nitriles is 1. The monoisotopic (exact) mass is 242 g/mol. The molecule has 0 bridgehead atoms. The normalized spacial score (nSPS) is 9.61. The highest BCUT2D eigenvalue weighted by Crippen LogP contribution is 2.22. The molecule has 0 fully saturated rings. The van der Waals surface area contributed by atoms with Crippen LogP contribution in [-0.2, 0) is 0 Å². The van der Waals surface area contributed by atoms with E-state index in [2.05, 4.69) is 15.6 Å². The molecule has 0 aliphatic heterocycles. The Hall–Kier alpha value is -2.61. The predicted molar refractivity (Wildman–Crippen MR) is 68.2 cm³/mol. The molecule has 4 nitrogen and oxygen atoms in total. The van der Waals surface area contributed by atoms with Crippen LogP contribution in [0.1, 0.15) is 5.56 Å². The fourth-order valence-electron chi connectivity index (χ4n) is 1.52. The lowest BCUT2D eigenvalue weighted by Crippen LogP contribution is -1.96. The quantitative estimate of drug-likeness (QED) is 0.868. The molecule has 2 aromatic rings. The molecule has 18 heavy (non-hydrogen) atoms. The summed E-state index contributed by atoms with van der Waals surface area (Å²) in [6.07, 6.45) is 3.31. The number of aromatic nitrogens is 1. The van der Waals surface area contributed by atoms with Crippen molar-refractivity contribution >= 4 is 17.1 Å². The molecular weight excluding hydrogens is 231 g/mol. The maximum Gasteiger partial charge on any atom is 0.124 e. The molecule has 1 heterocycles. The summed E-state index contributed by atoms with van der Waals surface area (Å²) in [4.78, 5) is 4.04. The second-order valence-corrected chi connectivity index (χ2v) is 3.64. The Kier molecular flexibility index (Phi) is 3.39. The molecule has 0 atom stereocenters. The van der Waals surface area contributed by atoms with Gasteiger partial charge in [-0.3, -0.25) is 4.98 Å². The van der Waals surface area contributed by atoms with E-state index in [0.717, 1.165) is 11.4 Å². The standard InChI is InChI=1S/C13H11FN4/c1-16-11-5-12(8-17-7-11)18-13-3-2-10(14)4-9(13)6-15/h2-5,7-8,16,18H,1H3. The van der Waals surface area contributed by atoms with Gasteiger partial charge in [-0.2, -0.15) is 5.26 Å². The zero-order valence-corrected chi connectivity index (χ0v) is 9.74. The van der Waals surface area contributed by atoms with Gasteiger partial charge in [-0.15, -0.1) is 0 Å². The van der Waals surface area contributed by atoms with Gasteiger partial charge in [0.1, 0.15) is 11.9 Å². The Bertz CT molecular complexity index is 604. The number of rotatable bonds is 3. The first kappa shape index (κ1) is 11.9. The maximum atomic E-state index is 13.0. The van der Waals surface area contributed by atoms with Crippen molar-refractivity contribution in [3.8, 4) is 6.07 Å². The lowest BCUT2D eigenvalue weighted by molar-refractivity contribution is 0.627. The van der Waals surface area contributed by atoms with Crippen LogP contribution in [0.2, 0.25) is 0 Å². The third kappa shape index (κ3) is 2.55. The molecule has 2 N–H and O–H groups in total. The lowest BCUT2D eigenvalue weighted by atomic mass is 10.2. The maximum absolute atomic E-state index is 13.0. The SMILES string of the molecule is CNc1cncc(Nc2ccc(F)cc2C#N)c1. The van der Waals surface area contributed by atoms with Crippen molar-refractivity contribution in [3.05, 3.63) is 48.0 Å². The number of hydrogen-bond acceptors (Lipinski definition) is 4. The predicted octanol–water partition coefficient (Wildman–Crippen LogP) is 2.88. The molecule has 5 heteroatoms. The van der Waals surface area contributed by atoms with Crippen LogP contribution in [0.25, 0.3) is 0 Å². The van der Waals surface area contributed by atoms with Crippen molar-refractivity contribution in [2.24, 2.45) is 0 Å². The minimum atomic E-state index is -0.431. The van der Waals surface area contributed by atoms with Gasteiger partial charge in [-0.05, 0) is 24.3 Å². The van der Waals surface area contributed by atoms with Gasteiger partial charge in [0.05, 0.1) is 35.0 Å².